The smallest absolute Gasteiger partial charge is 0.330 e. The molecular weight excluding hydrogens is 308 g/mol. The zero-order chi connectivity index (χ0) is 17.0. The zero-order valence-corrected chi connectivity index (χ0v) is 12.5. The number of aliphatic hydroxyl groups excluding tert-OH is 2. The summed E-state index contributed by atoms with van der Waals surface area (Å²) < 4.78 is 11.2. The number of aliphatic hydroxyl groups is 2. The molecule has 23 heavy (non-hydrogen) atoms. The molecule has 0 bridgehead atoms. The first-order valence-corrected chi connectivity index (χ1v) is 7.11. The number of carbonyl (C=O) groups is 1. The molecule has 0 spiro atoms. The molecule has 1 saturated heterocycles. The standard InChI is InChI=1S/C14H18N2O7/c1-2-22-12(19)4-3-8-6-16(14(21)15-13(8)20)11-5-9(18)10(7-17)23-11/h3-4,6,9-11,17-18H,2,5,7H2,1H3,(H,15,20,21)/t9-,10+,11-/m1/s1. The van der Waals surface area contributed by atoms with E-state index in [1.807, 2.05) is 0 Å². The second-order valence-electron chi connectivity index (χ2n) is 4.95. The van der Waals surface area contributed by atoms with Crippen LogP contribution in [0.25, 0.3) is 6.08 Å². The van der Waals surface area contributed by atoms with Gasteiger partial charge in [0, 0.05) is 18.7 Å². The second-order valence-corrected chi connectivity index (χ2v) is 4.95. The van der Waals surface area contributed by atoms with Crippen molar-refractivity contribution in [3.63, 3.8) is 0 Å². The highest BCUT2D eigenvalue weighted by molar-refractivity contribution is 5.86. The van der Waals surface area contributed by atoms with Gasteiger partial charge in [0.1, 0.15) is 12.3 Å². The van der Waals surface area contributed by atoms with Gasteiger partial charge in [-0.25, -0.2) is 9.59 Å². The van der Waals surface area contributed by atoms with Crippen molar-refractivity contribution < 1.29 is 24.5 Å². The van der Waals surface area contributed by atoms with Gasteiger partial charge >= 0.3 is 11.7 Å². The molecule has 1 aromatic rings. The van der Waals surface area contributed by atoms with Crippen LogP contribution in [0, 0.1) is 0 Å². The van der Waals surface area contributed by atoms with Crippen LogP contribution in [0.3, 0.4) is 0 Å². The number of rotatable bonds is 5. The average molecular weight is 326 g/mol. The number of ether oxygens (including phenoxy) is 2. The quantitative estimate of drug-likeness (QED) is 0.455. The zero-order valence-electron chi connectivity index (χ0n) is 12.5. The summed E-state index contributed by atoms with van der Waals surface area (Å²) in [4.78, 5) is 37.0. The van der Waals surface area contributed by atoms with Crippen LogP contribution in [0.15, 0.2) is 21.9 Å². The van der Waals surface area contributed by atoms with Crippen molar-refractivity contribution in [3.8, 4) is 0 Å². The summed E-state index contributed by atoms with van der Waals surface area (Å²) >= 11 is 0. The van der Waals surface area contributed by atoms with Gasteiger partial charge in [0.15, 0.2) is 0 Å². The number of nitrogens with one attached hydrogen (secondary N) is 1. The first-order chi connectivity index (χ1) is 11.0. The Bertz CT molecular complexity index is 706. The molecule has 3 atom stereocenters. The average Bonchev–Trinajstić information content (AvgIpc) is 2.87. The molecule has 2 heterocycles. The molecule has 0 unspecified atom stereocenters. The third-order valence-electron chi connectivity index (χ3n) is 3.38. The van der Waals surface area contributed by atoms with Gasteiger partial charge in [-0.1, -0.05) is 0 Å². The SMILES string of the molecule is CCOC(=O)C=Cc1cn([C@H]2C[C@@H](O)[C@H](CO)O2)c(=O)[nH]c1=O. The molecule has 0 amide bonds. The van der Waals surface area contributed by atoms with Crippen LogP contribution in [-0.4, -0.2) is 51.2 Å². The lowest BCUT2D eigenvalue weighted by Gasteiger charge is -2.14. The van der Waals surface area contributed by atoms with E-state index >= 15 is 0 Å². The fourth-order valence-corrected chi connectivity index (χ4v) is 2.23. The Kier molecular flexibility index (Phi) is 5.48. The molecule has 126 valence electrons. The van der Waals surface area contributed by atoms with E-state index in [2.05, 4.69) is 4.98 Å². The molecule has 3 N–H and O–H groups in total. The summed E-state index contributed by atoms with van der Waals surface area (Å²) in [6.45, 7) is 1.47. The van der Waals surface area contributed by atoms with Crippen molar-refractivity contribution in [1.29, 1.82) is 0 Å². The highest BCUT2D eigenvalue weighted by atomic mass is 16.5. The Balaban J connectivity index is 2.29. The van der Waals surface area contributed by atoms with Crippen LogP contribution in [-0.2, 0) is 14.3 Å². The molecule has 2 rings (SSSR count). The summed E-state index contributed by atoms with van der Waals surface area (Å²) in [6.07, 6.45) is 1.10. The molecule has 0 saturated carbocycles. The van der Waals surface area contributed by atoms with Gasteiger partial charge in [-0.05, 0) is 13.0 Å². The normalized spacial score (nSPS) is 24.2. The van der Waals surface area contributed by atoms with Gasteiger partial charge in [0.2, 0.25) is 0 Å². The van der Waals surface area contributed by atoms with Gasteiger partial charge in [-0.3, -0.25) is 14.3 Å². The maximum absolute atomic E-state index is 11.9. The Morgan fingerprint density at radius 1 is 1.57 bits per heavy atom. The molecule has 1 aromatic heterocycles. The van der Waals surface area contributed by atoms with Gasteiger partial charge in [-0.15, -0.1) is 0 Å². The predicted octanol–water partition coefficient (Wildman–Crippen LogP) is -1.25. The van der Waals surface area contributed by atoms with Crippen molar-refractivity contribution >= 4 is 12.0 Å². The van der Waals surface area contributed by atoms with Crippen LogP contribution in [0.2, 0.25) is 0 Å². The molecule has 1 aliphatic rings. The van der Waals surface area contributed by atoms with Gasteiger partial charge in [0.25, 0.3) is 5.56 Å². The maximum atomic E-state index is 11.9. The fourth-order valence-electron chi connectivity index (χ4n) is 2.23. The van der Waals surface area contributed by atoms with E-state index in [1.54, 1.807) is 6.92 Å². The largest absolute Gasteiger partial charge is 0.463 e. The Labute approximate surface area is 130 Å². The molecule has 0 radical (unpaired) electrons. The Morgan fingerprint density at radius 3 is 2.91 bits per heavy atom. The van der Waals surface area contributed by atoms with Gasteiger partial charge < -0.3 is 19.7 Å². The molecule has 1 aliphatic heterocycles. The van der Waals surface area contributed by atoms with Crippen molar-refractivity contribution in [2.75, 3.05) is 13.2 Å². The van der Waals surface area contributed by atoms with E-state index in [0.29, 0.717) is 0 Å². The summed E-state index contributed by atoms with van der Waals surface area (Å²) in [5.41, 5.74) is -1.31. The lowest BCUT2D eigenvalue weighted by molar-refractivity contribution is -0.137. The molecule has 9 heteroatoms. The third-order valence-corrected chi connectivity index (χ3v) is 3.38. The van der Waals surface area contributed by atoms with Crippen LogP contribution < -0.4 is 11.2 Å². The van der Waals surface area contributed by atoms with E-state index in [1.165, 1.54) is 12.3 Å². The minimum atomic E-state index is -0.914. The van der Waals surface area contributed by atoms with E-state index in [0.717, 1.165) is 10.6 Å². The highest BCUT2D eigenvalue weighted by Gasteiger charge is 2.35. The van der Waals surface area contributed by atoms with Gasteiger partial charge in [-0.2, -0.15) is 0 Å². The maximum Gasteiger partial charge on any atom is 0.330 e. The van der Waals surface area contributed by atoms with Crippen LogP contribution >= 0.6 is 0 Å². The number of H-pyrrole nitrogens is 1. The van der Waals surface area contributed by atoms with Crippen molar-refractivity contribution in [3.05, 3.63) is 38.7 Å². The minimum absolute atomic E-state index is 0.0585. The number of esters is 1. The first-order valence-electron chi connectivity index (χ1n) is 7.11. The van der Waals surface area contributed by atoms with E-state index in [4.69, 9.17) is 14.6 Å². The Hall–Kier alpha value is -2.23. The summed E-state index contributed by atoms with van der Waals surface area (Å²) in [6, 6.07) is 0. The predicted molar refractivity (Wildman–Crippen MR) is 78.6 cm³/mol. The Morgan fingerprint density at radius 2 is 2.30 bits per heavy atom. The van der Waals surface area contributed by atoms with Crippen molar-refractivity contribution in [2.45, 2.75) is 31.8 Å². The summed E-state index contributed by atoms with van der Waals surface area (Å²) in [5, 5.41) is 18.8. The highest BCUT2D eigenvalue weighted by Crippen LogP contribution is 2.27. The molecule has 1 fully saturated rings. The molecular formula is C14H18N2O7. The van der Waals surface area contributed by atoms with Crippen LogP contribution in [0.4, 0.5) is 0 Å². The number of aromatic amines is 1. The van der Waals surface area contributed by atoms with E-state index in [-0.39, 0.29) is 25.2 Å². The van der Waals surface area contributed by atoms with Crippen LogP contribution in [0.1, 0.15) is 25.1 Å². The van der Waals surface area contributed by atoms with Crippen molar-refractivity contribution in [2.24, 2.45) is 0 Å². The second kappa shape index (κ2) is 7.36. The molecule has 0 aliphatic carbocycles. The number of nitrogens with zero attached hydrogens (tertiary/aromatic N) is 1. The number of aromatic nitrogens is 2. The summed E-state index contributed by atoms with van der Waals surface area (Å²) in [5.74, 6) is -0.613. The molecule has 9 nitrogen and oxygen atoms in total. The topological polar surface area (TPSA) is 131 Å². The van der Waals surface area contributed by atoms with Gasteiger partial charge in [0.05, 0.1) is 24.9 Å². The number of hydrogen-bond acceptors (Lipinski definition) is 7. The monoisotopic (exact) mass is 326 g/mol. The fraction of sp³-hybridized carbons (Fsp3) is 0.500. The minimum Gasteiger partial charge on any atom is -0.463 e. The lowest BCUT2D eigenvalue weighted by atomic mass is 10.2. The molecule has 0 aromatic carbocycles. The number of hydrogen-bond donors (Lipinski definition) is 3. The van der Waals surface area contributed by atoms with Crippen molar-refractivity contribution in [1.82, 2.24) is 9.55 Å². The summed E-state index contributed by atoms with van der Waals surface area (Å²) in [7, 11) is 0. The first kappa shape index (κ1) is 17.1. The van der Waals surface area contributed by atoms with E-state index in [9.17, 15) is 19.5 Å². The van der Waals surface area contributed by atoms with Crippen LogP contribution in [0.5, 0.6) is 0 Å². The van der Waals surface area contributed by atoms with E-state index < -0.39 is 35.7 Å². The number of carbonyl (C=O) groups excluding carboxylic acids is 1. The third kappa shape index (κ3) is 3.95. The lowest BCUT2D eigenvalue weighted by Crippen LogP contribution is -2.33.